The molecule has 108 valence electrons. The summed E-state index contributed by atoms with van der Waals surface area (Å²) in [6.45, 7) is 0. The Labute approximate surface area is 125 Å². The second kappa shape index (κ2) is 4.77. The van der Waals surface area contributed by atoms with Crippen molar-refractivity contribution in [2.45, 2.75) is 0 Å². The summed E-state index contributed by atoms with van der Waals surface area (Å²) in [6.07, 6.45) is 0. The van der Waals surface area contributed by atoms with Gasteiger partial charge in [0, 0.05) is 18.0 Å². The molecule has 4 aromatic rings. The van der Waals surface area contributed by atoms with Crippen LogP contribution in [-0.4, -0.2) is 26.6 Å². The molecular formula is C16H12FN5. The highest BCUT2D eigenvalue weighted by atomic mass is 19.1. The van der Waals surface area contributed by atoms with Crippen LogP contribution < -0.4 is 5.32 Å². The van der Waals surface area contributed by atoms with Crippen LogP contribution in [-0.2, 0) is 0 Å². The van der Waals surface area contributed by atoms with E-state index in [1.807, 2.05) is 35.7 Å². The van der Waals surface area contributed by atoms with E-state index in [2.05, 4.69) is 20.5 Å². The molecule has 0 aliphatic carbocycles. The molecule has 6 heteroatoms. The molecule has 22 heavy (non-hydrogen) atoms. The van der Waals surface area contributed by atoms with Crippen molar-refractivity contribution in [3.05, 3.63) is 54.3 Å². The van der Waals surface area contributed by atoms with Crippen molar-refractivity contribution in [3.63, 3.8) is 0 Å². The number of hydrogen-bond acceptors (Lipinski definition) is 4. The van der Waals surface area contributed by atoms with E-state index in [9.17, 15) is 4.39 Å². The molecule has 0 bridgehead atoms. The molecule has 2 aromatic carbocycles. The fraction of sp³-hybridized carbons (Fsp3) is 0.0625. The van der Waals surface area contributed by atoms with E-state index >= 15 is 0 Å². The van der Waals surface area contributed by atoms with Gasteiger partial charge in [-0.15, -0.1) is 10.2 Å². The van der Waals surface area contributed by atoms with Gasteiger partial charge < -0.3 is 5.32 Å². The molecule has 0 amide bonds. The molecule has 2 heterocycles. The zero-order chi connectivity index (χ0) is 15.1. The third-order valence-corrected chi connectivity index (χ3v) is 3.60. The van der Waals surface area contributed by atoms with Gasteiger partial charge in [-0.2, -0.15) is 4.98 Å². The van der Waals surface area contributed by atoms with E-state index in [-0.39, 0.29) is 5.82 Å². The van der Waals surface area contributed by atoms with Crippen molar-refractivity contribution >= 4 is 22.5 Å². The van der Waals surface area contributed by atoms with Crippen molar-refractivity contribution in [2.75, 3.05) is 12.4 Å². The maximum absolute atomic E-state index is 13.1. The average molecular weight is 293 g/mol. The molecule has 5 nitrogen and oxygen atoms in total. The maximum Gasteiger partial charge on any atom is 0.257 e. The van der Waals surface area contributed by atoms with E-state index in [4.69, 9.17) is 0 Å². The highest BCUT2D eigenvalue weighted by Gasteiger charge is 2.14. The lowest BCUT2D eigenvalue weighted by Gasteiger charge is -2.08. The van der Waals surface area contributed by atoms with Crippen LogP contribution in [0.3, 0.4) is 0 Å². The van der Waals surface area contributed by atoms with E-state index < -0.39 is 0 Å². The van der Waals surface area contributed by atoms with Crippen molar-refractivity contribution in [2.24, 2.45) is 0 Å². The van der Waals surface area contributed by atoms with Crippen LogP contribution in [0.1, 0.15) is 0 Å². The quantitative estimate of drug-likeness (QED) is 0.617. The van der Waals surface area contributed by atoms with E-state index in [1.165, 1.54) is 12.1 Å². The summed E-state index contributed by atoms with van der Waals surface area (Å²) >= 11 is 0. The molecule has 0 saturated heterocycles. The summed E-state index contributed by atoms with van der Waals surface area (Å²) in [5.41, 5.74) is 1.74. The first kappa shape index (κ1) is 12.7. The summed E-state index contributed by atoms with van der Waals surface area (Å²) < 4.78 is 15.0. The molecule has 0 atom stereocenters. The number of nitrogens with one attached hydrogen (secondary N) is 1. The predicted molar refractivity (Wildman–Crippen MR) is 83.2 cm³/mol. The summed E-state index contributed by atoms with van der Waals surface area (Å²) in [5.74, 6) is 1.61. The minimum Gasteiger partial charge on any atom is -0.372 e. The van der Waals surface area contributed by atoms with Gasteiger partial charge in [0.2, 0.25) is 0 Å². The standard InChI is InChI=1S/C16H12FN5/c1-18-14-12-4-2-3-5-13(12)22-15(20-21-16(22)19-14)10-6-8-11(17)9-7-10/h2-9H,1H3,(H,18,19,21). The van der Waals surface area contributed by atoms with Crippen LogP contribution in [0.2, 0.25) is 0 Å². The van der Waals surface area contributed by atoms with E-state index in [0.717, 1.165) is 22.3 Å². The minimum absolute atomic E-state index is 0.280. The van der Waals surface area contributed by atoms with Crippen LogP contribution in [0.5, 0.6) is 0 Å². The highest BCUT2D eigenvalue weighted by molar-refractivity contribution is 5.92. The van der Waals surface area contributed by atoms with Gasteiger partial charge >= 0.3 is 0 Å². The van der Waals surface area contributed by atoms with Gasteiger partial charge in [0.25, 0.3) is 5.78 Å². The number of nitrogens with zero attached hydrogens (tertiary/aromatic N) is 4. The maximum atomic E-state index is 13.1. The molecule has 4 rings (SSSR count). The fourth-order valence-corrected chi connectivity index (χ4v) is 2.58. The van der Waals surface area contributed by atoms with E-state index in [0.29, 0.717) is 11.6 Å². The lowest BCUT2D eigenvalue weighted by Crippen LogP contribution is -2.00. The van der Waals surface area contributed by atoms with Gasteiger partial charge in [0.1, 0.15) is 11.6 Å². The van der Waals surface area contributed by atoms with Crippen LogP contribution >= 0.6 is 0 Å². The minimum atomic E-state index is -0.280. The first-order valence-electron chi connectivity index (χ1n) is 6.85. The van der Waals surface area contributed by atoms with Crippen LogP contribution in [0.25, 0.3) is 28.1 Å². The molecule has 0 unspecified atom stereocenters. The fourth-order valence-electron chi connectivity index (χ4n) is 2.58. The molecule has 0 radical (unpaired) electrons. The monoisotopic (exact) mass is 293 g/mol. The van der Waals surface area contributed by atoms with Gasteiger partial charge in [-0.05, 0) is 36.4 Å². The first-order valence-corrected chi connectivity index (χ1v) is 6.85. The average Bonchev–Trinajstić information content (AvgIpc) is 2.99. The van der Waals surface area contributed by atoms with Crippen LogP contribution in [0, 0.1) is 5.82 Å². The molecule has 0 fully saturated rings. The Kier molecular flexibility index (Phi) is 2.75. The Morgan fingerprint density at radius 2 is 1.77 bits per heavy atom. The number of halogens is 1. The van der Waals surface area contributed by atoms with Gasteiger partial charge in [0.05, 0.1) is 5.52 Å². The molecular weight excluding hydrogens is 281 g/mol. The van der Waals surface area contributed by atoms with Gasteiger partial charge in [-0.25, -0.2) is 4.39 Å². The zero-order valence-corrected chi connectivity index (χ0v) is 11.8. The van der Waals surface area contributed by atoms with Crippen molar-refractivity contribution < 1.29 is 4.39 Å². The second-order valence-electron chi connectivity index (χ2n) is 4.89. The third kappa shape index (κ3) is 1.81. The highest BCUT2D eigenvalue weighted by Crippen LogP contribution is 2.26. The Morgan fingerprint density at radius 1 is 1.00 bits per heavy atom. The molecule has 1 N–H and O–H groups in total. The van der Waals surface area contributed by atoms with Crippen molar-refractivity contribution in [3.8, 4) is 11.4 Å². The first-order chi connectivity index (χ1) is 10.8. The van der Waals surface area contributed by atoms with Gasteiger partial charge in [0.15, 0.2) is 5.82 Å². The lowest BCUT2D eigenvalue weighted by atomic mass is 10.2. The van der Waals surface area contributed by atoms with Gasteiger partial charge in [-0.3, -0.25) is 4.40 Å². The molecule has 0 aliphatic heterocycles. The molecule has 0 aliphatic rings. The van der Waals surface area contributed by atoms with E-state index in [1.54, 1.807) is 12.1 Å². The van der Waals surface area contributed by atoms with Crippen LogP contribution in [0.4, 0.5) is 10.2 Å². The number of anilines is 1. The summed E-state index contributed by atoms with van der Waals surface area (Å²) in [5, 5.41) is 12.4. The Balaban J connectivity index is 2.10. The molecule has 0 spiro atoms. The summed E-state index contributed by atoms with van der Waals surface area (Å²) in [6, 6.07) is 14.1. The van der Waals surface area contributed by atoms with Crippen LogP contribution in [0.15, 0.2) is 48.5 Å². The second-order valence-corrected chi connectivity index (χ2v) is 4.89. The number of para-hydroxylation sites is 1. The zero-order valence-electron chi connectivity index (χ0n) is 11.8. The molecule has 2 aromatic heterocycles. The smallest absolute Gasteiger partial charge is 0.257 e. The summed E-state index contributed by atoms with van der Waals surface area (Å²) in [7, 11) is 1.82. The largest absolute Gasteiger partial charge is 0.372 e. The summed E-state index contributed by atoms with van der Waals surface area (Å²) in [4.78, 5) is 4.49. The normalized spacial score (nSPS) is 11.2. The number of hydrogen-bond donors (Lipinski definition) is 1. The Morgan fingerprint density at radius 3 is 2.55 bits per heavy atom. The number of rotatable bonds is 2. The number of fused-ring (bicyclic) bond motifs is 3. The molecule has 0 saturated carbocycles. The van der Waals surface area contributed by atoms with Crippen molar-refractivity contribution in [1.82, 2.24) is 19.6 Å². The van der Waals surface area contributed by atoms with Crippen molar-refractivity contribution in [1.29, 1.82) is 0 Å². The van der Waals surface area contributed by atoms with Gasteiger partial charge in [-0.1, -0.05) is 12.1 Å². The lowest BCUT2D eigenvalue weighted by molar-refractivity contribution is 0.628. The Bertz CT molecular complexity index is 975. The topological polar surface area (TPSA) is 55.1 Å². The Hall–Kier alpha value is -3.02. The number of aromatic nitrogens is 4. The third-order valence-electron chi connectivity index (χ3n) is 3.60. The number of benzene rings is 2. The predicted octanol–water partition coefficient (Wildman–Crippen LogP) is 3.13. The SMILES string of the molecule is CNc1nc2nnc(-c3ccc(F)cc3)n2c2ccccc12.